The third kappa shape index (κ3) is 8.19. The fourth-order valence-corrected chi connectivity index (χ4v) is 3.11. The zero-order valence-electron chi connectivity index (χ0n) is 17.4. The number of benzene rings is 1. The van der Waals surface area contributed by atoms with Crippen LogP contribution < -0.4 is 10.1 Å². The lowest BCUT2D eigenvalue weighted by Gasteiger charge is -2.29. The van der Waals surface area contributed by atoms with E-state index in [2.05, 4.69) is 5.32 Å². The molecule has 8 heteroatoms. The van der Waals surface area contributed by atoms with E-state index >= 15 is 0 Å². The largest absolute Gasteiger partial charge is 0.493 e. The standard InChI is InChI=1S/C21H32N2O6/c1-21(2,3)29-19(25)22-10-7-18(24)16-5-4-6-17(13-16)28-14-15-8-11-23(12-9-15)20(26)27/h4-6,13,15,18,24H,7-12,14H2,1-3H3,(H,22,25)(H,26,27). The van der Waals surface area contributed by atoms with Crippen LogP contribution >= 0.6 is 0 Å². The van der Waals surface area contributed by atoms with Gasteiger partial charge in [0, 0.05) is 19.6 Å². The van der Waals surface area contributed by atoms with E-state index in [1.54, 1.807) is 26.8 Å². The highest BCUT2D eigenvalue weighted by Crippen LogP contribution is 2.23. The molecule has 162 valence electrons. The van der Waals surface area contributed by atoms with Crippen molar-refractivity contribution in [2.24, 2.45) is 5.92 Å². The average Bonchev–Trinajstić information content (AvgIpc) is 2.65. The molecular formula is C21H32N2O6. The van der Waals surface area contributed by atoms with E-state index < -0.39 is 23.9 Å². The van der Waals surface area contributed by atoms with Crippen LogP contribution in [-0.4, -0.2) is 59.1 Å². The van der Waals surface area contributed by atoms with Crippen molar-refractivity contribution in [2.45, 2.75) is 51.7 Å². The summed E-state index contributed by atoms with van der Waals surface area (Å²) in [6.45, 7) is 7.27. The number of rotatable bonds is 7. The van der Waals surface area contributed by atoms with Gasteiger partial charge in [0.05, 0.1) is 12.7 Å². The first-order valence-corrected chi connectivity index (χ1v) is 9.99. The van der Waals surface area contributed by atoms with Gasteiger partial charge in [-0.3, -0.25) is 0 Å². The molecule has 0 aromatic heterocycles. The van der Waals surface area contributed by atoms with Crippen molar-refractivity contribution in [3.8, 4) is 5.75 Å². The van der Waals surface area contributed by atoms with Gasteiger partial charge in [-0.1, -0.05) is 12.1 Å². The minimum absolute atomic E-state index is 0.295. The number of amides is 2. The molecule has 0 saturated carbocycles. The molecule has 2 rings (SSSR count). The number of piperidine rings is 1. The summed E-state index contributed by atoms with van der Waals surface area (Å²) in [5, 5.41) is 22.0. The quantitative estimate of drug-likeness (QED) is 0.638. The number of carbonyl (C=O) groups is 2. The molecular weight excluding hydrogens is 376 g/mol. The number of aliphatic hydroxyl groups excluding tert-OH is 1. The molecule has 1 unspecified atom stereocenters. The SMILES string of the molecule is CC(C)(C)OC(=O)NCCC(O)c1cccc(OCC2CCN(C(=O)O)CC2)c1. The minimum Gasteiger partial charge on any atom is -0.493 e. The predicted molar refractivity (Wildman–Crippen MR) is 108 cm³/mol. The molecule has 2 amide bonds. The van der Waals surface area contributed by atoms with E-state index in [1.807, 2.05) is 18.2 Å². The van der Waals surface area contributed by atoms with E-state index in [4.69, 9.17) is 14.6 Å². The molecule has 1 fully saturated rings. The first-order chi connectivity index (χ1) is 13.6. The number of aliphatic hydroxyl groups is 1. The van der Waals surface area contributed by atoms with Gasteiger partial charge in [-0.2, -0.15) is 0 Å². The van der Waals surface area contributed by atoms with Crippen molar-refractivity contribution in [1.29, 1.82) is 0 Å². The number of likely N-dealkylation sites (tertiary alicyclic amines) is 1. The highest BCUT2D eigenvalue weighted by molar-refractivity contribution is 5.67. The second-order valence-corrected chi connectivity index (χ2v) is 8.33. The van der Waals surface area contributed by atoms with Gasteiger partial charge < -0.3 is 29.9 Å². The van der Waals surface area contributed by atoms with Crippen molar-refractivity contribution in [3.05, 3.63) is 29.8 Å². The molecule has 1 atom stereocenters. The zero-order chi connectivity index (χ0) is 21.4. The second-order valence-electron chi connectivity index (χ2n) is 8.33. The number of nitrogens with zero attached hydrogens (tertiary/aromatic N) is 1. The zero-order valence-corrected chi connectivity index (χ0v) is 17.4. The smallest absolute Gasteiger partial charge is 0.407 e. The van der Waals surface area contributed by atoms with Gasteiger partial charge in [-0.25, -0.2) is 9.59 Å². The molecule has 1 heterocycles. The number of hydrogen-bond donors (Lipinski definition) is 3. The van der Waals surface area contributed by atoms with E-state index in [9.17, 15) is 14.7 Å². The maximum absolute atomic E-state index is 11.7. The molecule has 1 aliphatic rings. The molecule has 8 nitrogen and oxygen atoms in total. The van der Waals surface area contributed by atoms with Crippen molar-refractivity contribution in [3.63, 3.8) is 0 Å². The number of carboxylic acid groups (broad SMARTS) is 1. The Labute approximate surface area is 171 Å². The summed E-state index contributed by atoms with van der Waals surface area (Å²) in [6, 6.07) is 7.27. The first kappa shape index (κ1) is 22.8. The summed E-state index contributed by atoms with van der Waals surface area (Å²) >= 11 is 0. The average molecular weight is 408 g/mol. The van der Waals surface area contributed by atoms with Crippen LogP contribution in [0.2, 0.25) is 0 Å². The van der Waals surface area contributed by atoms with E-state index in [0.29, 0.717) is 49.9 Å². The highest BCUT2D eigenvalue weighted by atomic mass is 16.6. The number of hydrogen-bond acceptors (Lipinski definition) is 5. The molecule has 3 N–H and O–H groups in total. The summed E-state index contributed by atoms with van der Waals surface area (Å²) in [5.74, 6) is 0.986. The van der Waals surface area contributed by atoms with Gasteiger partial charge in [0.1, 0.15) is 11.4 Å². The topological polar surface area (TPSA) is 108 Å². The summed E-state index contributed by atoms with van der Waals surface area (Å²) in [5.41, 5.74) is 0.160. The monoisotopic (exact) mass is 408 g/mol. The predicted octanol–water partition coefficient (Wildman–Crippen LogP) is 3.40. The van der Waals surface area contributed by atoms with Crippen LogP contribution in [0.1, 0.15) is 51.7 Å². The molecule has 1 aromatic rings. The Bertz CT molecular complexity index is 680. The fourth-order valence-electron chi connectivity index (χ4n) is 3.11. The summed E-state index contributed by atoms with van der Waals surface area (Å²) in [4.78, 5) is 24.0. The summed E-state index contributed by atoms with van der Waals surface area (Å²) in [6.07, 6.45) is -0.179. The maximum Gasteiger partial charge on any atom is 0.407 e. The molecule has 29 heavy (non-hydrogen) atoms. The molecule has 0 radical (unpaired) electrons. The molecule has 1 aliphatic heterocycles. The number of alkyl carbamates (subject to hydrolysis) is 1. The van der Waals surface area contributed by atoms with Gasteiger partial charge in [0.25, 0.3) is 0 Å². The first-order valence-electron chi connectivity index (χ1n) is 9.99. The molecule has 1 saturated heterocycles. The number of ether oxygens (including phenoxy) is 2. The Morgan fingerprint density at radius 2 is 1.97 bits per heavy atom. The van der Waals surface area contributed by atoms with Gasteiger partial charge in [0.2, 0.25) is 0 Å². The van der Waals surface area contributed by atoms with Crippen LogP contribution in [0.15, 0.2) is 24.3 Å². The third-order valence-electron chi connectivity index (χ3n) is 4.70. The Morgan fingerprint density at radius 3 is 2.59 bits per heavy atom. The summed E-state index contributed by atoms with van der Waals surface area (Å²) in [7, 11) is 0. The highest BCUT2D eigenvalue weighted by Gasteiger charge is 2.22. The van der Waals surface area contributed by atoms with Crippen molar-refractivity contribution < 1.29 is 29.3 Å². The molecule has 0 bridgehead atoms. The number of carbonyl (C=O) groups excluding carboxylic acids is 1. The van der Waals surface area contributed by atoms with Gasteiger partial charge in [-0.15, -0.1) is 0 Å². The van der Waals surface area contributed by atoms with Crippen LogP contribution in [0.3, 0.4) is 0 Å². The minimum atomic E-state index is -0.868. The van der Waals surface area contributed by atoms with E-state index in [1.165, 1.54) is 4.90 Å². The van der Waals surface area contributed by atoms with Crippen LogP contribution in [0, 0.1) is 5.92 Å². The third-order valence-corrected chi connectivity index (χ3v) is 4.70. The normalized spacial score (nSPS) is 16.2. The molecule has 0 aliphatic carbocycles. The number of nitrogens with one attached hydrogen (secondary N) is 1. The van der Waals surface area contributed by atoms with Crippen molar-refractivity contribution >= 4 is 12.2 Å². The van der Waals surface area contributed by atoms with Crippen LogP contribution in [-0.2, 0) is 4.74 Å². The lowest BCUT2D eigenvalue weighted by Crippen LogP contribution is -2.38. The van der Waals surface area contributed by atoms with E-state index in [-0.39, 0.29) is 0 Å². The fraction of sp³-hybridized carbons (Fsp3) is 0.619. The maximum atomic E-state index is 11.7. The summed E-state index contributed by atoms with van der Waals surface area (Å²) < 4.78 is 11.0. The Balaban J connectivity index is 1.75. The Kier molecular flexibility index (Phi) is 8.13. The second kappa shape index (κ2) is 10.3. The Morgan fingerprint density at radius 1 is 1.28 bits per heavy atom. The van der Waals surface area contributed by atoms with Crippen LogP contribution in [0.5, 0.6) is 5.75 Å². The van der Waals surface area contributed by atoms with E-state index in [0.717, 1.165) is 12.8 Å². The molecule has 1 aromatic carbocycles. The lowest BCUT2D eigenvalue weighted by atomic mass is 9.98. The van der Waals surface area contributed by atoms with Crippen LogP contribution in [0.25, 0.3) is 0 Å². The van der Waals surface area contributed by atoms with Crippen molar-refractivity contribution in [2.75, 3.05) is 26.2 Å². The van der Waals surface area contributed by atoms with Gasteiger partial charge in [-0.05, 0) is 63.6 Å². The lowest BCUT2D eigenvalue weighted by molar-refractivity contribution is 0.0518. The van der Waals surface area contributed by atoms with Crippen molar-refractivity contribution in [1.82, 2.24) is 10.2 Å². The van der Waals surface area contributed by atoms with Crippen LogP contribution in [0.4, 0.5) is 9.59 Å². The van der Waals surface area contributed by atoms with Gasteiger partial charge >= 0.3 is 12.2 Å². The Hall–Kier alpha value is -2.48. The van der Waals surface area contributed by atoms with Gasteiger partial charge in [0.15, 0.2) is 0 Å². The molecule has 0 spiro atoms.